The molecule has 1 amide bonds. The number of halogens is 1. The van der Waals surface area contributed by atoms with Crippen molar-refractivity contribution >= 4 is 17.5 Å². The number of benzene rings is 1. The fourth-order valence-corrected chi connectivity index (χ4v) is 3.54. The van der Waals surface area contributed by atoms with Gasteiger partial charge in [0.25, 0.3) is 5.91 Å². The molecule has 1 aromatic rings. The fourth-order valence-electron chi connectivity index (χ4n) is 3.33. The van der Waals surface area contributed by atoms with Gasteiger partial charge in [0.2, 0.25) is 0 Å². The van der Waals surface area contributed by atoms with E-state index in [4.69, 9.17) is 11.6 Å². The van der Waals surface area contributed by atoms with Gasteiger partial charge in [-0.15, -0.1) is 0 Å². The minimum absolute atomic E-state index is 0.0433. The Hall–Kier alpha value is -2.26. The highest BCUT2D eigenvalue weighted by molar-refractivity contribution is 6.31. The molecule has 0 saturated heterocycles. The van der Waals surface area contributed by atoms with Gasteiger partial charge in [0, 0.05) is 11.1 Å². The standard InChI is InChI=1S/C21H23ClN2O/c1-3-8-18(22)13-16-14-19(23-15(16)2)20(25)24-21(11-7-12-21)17-9-5-4-6-10-17/h3-6,8-10,13-15,23H,1,7,11-12H2,2H3,(H,24,25)/b16-13-,18-8+. The van der Waals surface area contributed by atoms with E-state index in [1.807, 2.05) is 37.3 Å². The zero-order valence-corrected chi connectivity index (χ0v) is 15.1. The van der Waals surface area contributed by atoms with Crippen LogP contribution in [0.2, 0.25) is 0 Å². The number of carbonyl (C=O) groups is 1. The number of amides is 1. The van der Waals surface area contributed by atoms with Gasteiger partial charge < -0.3 is 10.6 Å². The van der Waals surface area contributed by atoms with Crippen LogP contribution in [0.1, 0.15) is 31.7 Å². The van der Waals surface area contributed by atoms with Gasteiger partial charge in [-0.1, -0.05) is 54.6 Å². The largest absolute Gasteiger partial charge is 0.374 e. The summed E-state index contributed by atoms with van der Waals surface area (Å²) in [6, 6.07) is 10.3. The molecule has 1 fully saturated rings. The third-order valence-corrected chi connectivity index (χ3v) is 5.13. The molecule has 1 aliphatic heterocycles. The highest BCUT2D eigenvalue weighted by Gasteiger charge is 2.40. The molecule has 3 rings (SSSR count). The average Bonchev–Trinajstić information content (AvgIpc) is 2.93. The van der Waals surface area contributed by atoms with Crippen molar-refractivity contribution in [3.8, 4) is 0 Å². The summed E-state index contributed by atoms with van der Waals surface area (Å²) in [6.45, 7) is 5.65. The Labute approximate surface area is 154 Å². The molecule has 1 aliphatic carbocycles. The van der Waals surface area contributed by atoms with Crippen LogP contribution in [0.5, 0.6) is 0 Å². The van der Waals surface area contributed by atoms with E-state index >= 15 is 0 Å². The van der Waals surface area contributed by atoms with Crippen molar-refractivity contribution in [1.29, 1.82) is 0 Å². The first-order valence-electron chi connectivity index (χ1n) is 8.60. The van der Waals surface area contributed by atoms with Gasteiger partial charge in [-0.3, -0.25) is 4.79 Å². The topological polar surface area (TPSA) is 41.1 Å². The summed E-state index contributed by atoms with van der Waals surface area (Å²) >= 11 is 6.13. The molecule has 0 bridgehead atoms. The van der Waals surface area contributed by atoms with E-state index in [9.17, 15) is 4.79 Å². The average molecular weight is 355 g/mol. The lowest BCUT2D eigenvalue weighted by Gasteiger charge is -2.43. The van der Waals surface area contributed by atoms with Crippen molar-refractivity contribution in [2.45, 2.75) is 37.8 Å². The van der Waals surface area contributed by atoms with Crippen LogP contribution in [0.15, 0.2) is 77.5 Å². The van der Waals surface area contributed by atoms with Gasteiger partial charge in [-0.05, 0) is 55.6 Å². The van der Waals surface area contributed by atoms with Crippen LogP contribution in [-0.2, 0) is 10.3 Å². The molecular weight excluding hydrogens is 332 g/mol. The first kappa shape index (κ1) is 17.6. The second-order valence-corrected chi connectivity index (χ2v) is 7.05. The maximum Gasteiger partial charge on any atom is 0.268 e. The molecule has 1 unspecified atom stereocenters. The van der Waals surface area contributed by atoms with Crippen LogP contribution >= 0.6 is 11.6 Å². The summed E-state index contributed by atoms with van der Waals surface area (Å²) in [5.74, 6) is -0.0670. The van der Waals surface area contributed by atoms with Crippen LogP contribution in [0.3, 0.4) is 0 Å². The quantitative estimate of drug-likeness (QED) is 0.774. The molecule has 1 heterocycles. The molecule has 2 N–H and O–H groups in total. The van der Waals surface area contributed by atoms with E-state index in [1.165, 1.54) is 5.56 Å². The molecule has 2 aliphatic rings. The second kappa shape index (κ2) is 7.32. The molecule has 25 heavy (non-hydrogen) atoms. The Morgan fingerprint density at radius 2 is 2.08 bits per heavy atom. The van der Waals surface area contributed by atoms with Gasteiger partial charge in [0.1, 0.15) is 5.70 Å². The Balaban J connectivity index is 1.77. The summed E-state index contributed by atoms with van der Waals surface area (Å²) in [5.41, 5.74) is 2.50. The summed E-state index contributed by atoms with van der Waals surface area (Å²) in [6.07, 6.45) is 10.2. The van der Waals surface area contributed by atoms with Crippen LogP contribution in [-0.4, -0.2) is 11.9 Å². The maximum absolute atomic E-state index is 12.8. The van der Waals surface area contributed by atoms with E-state index in [0.29, 0.717) is 10.7 Å². The Bertz CT molecular complexity index is 757. The number of allylic oxidation sites excluding steroid dienone is 4. The number of rotatable bonds is 5. The van der Waals surface area contributed by atoms with Crippen molar-refractivity contribution in [2.75, 3.05) is 0 Å². The van der Waals surface area contributed by atoms with E-state index in [0.717, 1.165) is 24.8 Å². The Morgan fingerprint density at radius 3 is 2.68 bits per heavy atom. The lowest BCUT2D eigenvalue weighted by molar-refractivity contribution is -0.121. The van der Waals surface area contributed by atoms with Crippen LogP contribution < -0.4 is 10.6 Å². The smallest absolute Gasteiger partial charge is 0.268 e. The highest BCUT2D eigenvalue weighted by Crippen LogP contribution is 2.41. The monoisotopic (exact) mass is 354 g/mol. The molecule has 3 nitrogen and oxygen atoms in total. The molecular formula is C21H23ClN2O. The third kappa shape index (κ3) is 3.72. The lowest BCUT2D eigenvalue weighted by atomic mass is 9.71. The van der Waals surface area contributed by atoms with E-state index < -0.39 is 0 Å². The molecule has 130 valence electrons. The molecule has 1 atom stereocenters. The molecule has 4 heteroatoms. The zero-order valence-electron chi connectivity index (χ0n) is 14.4. The number of carbonyl (C=O) groups excluding carboxylic acids is 1. The third-order valence-electron chi connectivity index (χ3n) is 4.90. The van der Waals surface area contributed by atoms with Crippen LogP contribution in [0.4, 0.5) is 0 Å². The minimum Gasteiger partial charge on any atom is -0.374 e. The van der Waals surface area contributed by atoms with Gasteiger partial charge in [-0.2, -0.15) is 0 Å². The molecule has 0 radical (unpaired) electrons. The van der Waals surface area contributed by atoms with Crippen LogP contribution in [0.25, 0.3) is 0 Å². The predicted molar refractivity (Wildman–Crippen MR) is 103 cm³/mol. The molecule has 0 spiro atoms. The summed E-state index contributed by atoms with van der Waals surface area (Å²) < 4.78 is 0. The first-order chi connectivity index (χ1) is 12.0. The Kier molecular flexibility index (Phi) is 5.14. The Morgan fingerprint density at radius 1 is 1.36 bits per heavy atom. The fraction of sp³-hybridized carbons (Fsp3) is 0.286. The summed E-state index contributed by atoms with van der Waals surface area (Å²) in [4.78, 5) is 12.8. The maximum atomic E-state index is 12.8. The van der Waals surface area contributed by atoms with E-state index in [-0.39, 0.29) is 17.5 Å². The van der Waals surface area contributed by atoms with Crippen molar-refractivity contribution in [3.05, 3.63) is 83.1 Å². The van der Waals surface area contributed by atoms with Gasteiger partial charge in [0.05, 0.1) is 5.54 Å². The number of hydrogen-bond donors (Lipinski definition) is 2. The SMILES string of the molecule is C=C/C=C(Cl)\C=C1\C=C(C(=O)NC2(c3ccccc3)CCC2)NC1C. The van der Waals surface area contributed by atoms with E-state index in [1.54, 1.807) is 12.2 Å². The predicted octanol–water partition coefficient (Wildman–Crippen LogP) is 4.29. The van der Waals surface area contributed by atoms with E-state index in [2.05, 4.69) is 29.3 Å². The summed E-state index contributed by atoms with van der Waals surface area (Å²) in [7, 11) is 0. The second-order valence-electron chi connectivity index (χ2n) is 6.61. The van der Waals surface area contributed by atoms with Crippen molar-refractivity contribution < 1.29 is 4.79 Å². The van der Waals surface area contributed by atoms with Gasteiger partial charge in [-0.25, -0.2) is 0 Å². The zero-order chi connectivity index (χ0) is 17.9. The van der Waals surface area contributed by atoms with Crippen molar-refractivity contribution in [3.63, 3.8) is 0 Å². The molecule has 1 saturated carbocycles. The van der Waals surface area contributed by atoms with Gasteiger partial charge >= 0.3 is 0 Å². The van der Waals surface area contributed by atoms with Crippen LogP contribution in [0, 0.1) is 0 Å². The summed E-state index contributed by atoms with van der Waals surface area (Å²) in [5, 5.41) is 7.08. The number of nitrogens with one attached hydrogen (secondary N) is 2. The number of hydrogen-bond acceptors (Lipinski definition) is 2. The first-order valence-corrected chi connectivity index (χ1v) is 8.98. The van der Waals surface area contributed by atoms with Gasteiger partial charge in [0.15, 0.2) is 0 Å². The normalized spacial score (nSPS) is 23.4. The minimum atomic E-state index is -0.239. The van der Waals surface area contributed by atoms with Crippen molar-refractivity contribution in [2.24, 2.45) is 0 Å². The van der Waals surface area contributed by atoms with Crippen molar-refractivity contribution in [1.82, 2.24) is 10.6 Å². The molecule has 0 aromatic heterocycles. The molecule has 1 aromatic carbocycles. The highest BCUT2D eigenvalue weighted by atomic mass is 35.5. The lowest BCUT2D eigenvalue weighted by Crippen LogP contribution is -2.52.